The number of nitrogens with zero attached hydrogens (tertiary/aromatic N) is 6. The molecule has 4 aromatic heterocycles. The lowest BCUT2D eigenvalue weighted by molar-refractivity contribution is 0.535. The molecule has 10 nitrogen and oxygen atoms in total. The Morgan fingerprint density at radius 3 is 1.70 bits per heavy atom. The van der Waals surface area contributed by atoms with Gasteiger partial charge in [-0.15, -0.1) is 9.58 Å². The quantitative estimate of drug-likeness (QED) is 0.450. The van der Waals surface area contributed by atoms with Gasteiger partial charge in [0.2, 0.25) is 0 Å². The van der Waals surface area contributed by atoms with E-state index in [9.17, 15) is 9.59 Å². The minimum atomic E-state index is -0.302. The van der Waals surface area contributed by atoms with Gasteiger partial charge in [0.1, 0.15) is 10.8 Å². The van der Waals surface area contributed by atoms with Gasteiger partial charge in [0.15, 0.2) is 11.3 Å². The lowest BCUT2D eigenvalue weighted by atomic mass is 10.4. The smallest absolute Gasteiger partial charge is 0.261 e. The predicted octanol–water partition coefficient (Wildman–Crippen LogP) is -1.14. The van der Waals surface area contributed by atoms with Crippen molar-refractivity contribution < 1.29 is 0 Å². The van der Waals surface area contributed by atoms with Crippen molar-refractivity contribution in [3.05, 3.63) is 45.8 Å². The molecule has 0 aromatic carbocycles. The summed E-state index contributed by atoms with van der Waals surface area (Å²) in [4.78, 5) is 38.9. The second-order valence-electron chi connectivity index (χ2n) is 4.01. The van der Waals surface area contributed by atoms with E-state index in [4.69, 9.17) is 0 Å². The molecule has 0 saturated carbocycles. The Bertz CT molecular complexity index is 966. The lowest BCUT2D eigenvalue weighted by Gasteiger charge is -2.02. The summed E-state index contributed by atoms with van der Waals surface area (Å²) in [6, 6.07) is 0. The molecular weight excluding hydrogens is 264 g/mol. The van der Waals surface area contributed by atoms with Crippen LogP contribution in [0.3, 0.4) is 0 Å². The SMILES string of the molecule is O=c1[nH]cnc2c1cnn2-n1ncc2c(=O)[nH]cnc21. The molecule has 4 rings (SSSR count). The van der Waals surface area contributed by atoms with Crippen LogP contribution in [0.1, 0.15) is 0 Å². The van der Waals surface area contributed by atoms with E-state index in [0.29, 0.717) is 22.1 Å². The maximum absolute atomic E-state index is 11.6. The monoisotopic (exact) mass is 270 g/mol. The summed E-state index contributed by atoms with van der Waals surface area (Å²) in [5.41, 5.74) is 0.0358. The topological polar surface area (TPSA) is 127 Å². The van der Waals surface area contributed by atoms with Gasteiger partial charge in [0.05, 0.1) is 25.0 Å². The highest BCUT2D eigenvalue weighted by molar-refractivity contribution is 5.75. The zero-order valence-corrected chi connectivity index (χ0v) is 9.81. The summed E-state index contributed by atoms with van der Waals surface area (Å²) in [6.45, 7) is 0. The van der Waals surface area contributed by atoms with E-state index in [1.54, 1.807) is 0 Å². The molecule has 0 fully saturated rings. The van der Waals surface area contributed by atoms with Crippen LogP contribution in [0.2, 0.25) is 0 Å². The Kier molecular flexibility index (Phi) is 1.91. The zero-order chi connectivity index (χ0) is 13.7. The van der Waals surface area contributed by atoms with Crippen molar-refractivity contribution in [3.8, 4) is 0 Å². The van der Waals surface area contributed by atoms with Crippen molar-refractivity contribution in [2.75, 3.05) is 0 Å². The van der Waals surface area contributed by atoms with Crippen molar-refractivity contribution in [3.63, 3.8) is 0 Å². The van der Waals surface area contributed by atoms with Crippen LogP contribution in [0, 0.1) is 0 Å². The summed E-state index contributed by atoms with van der Waals surface area (Å²) in [5, 5.41) is 8.76. The summed E-state index contributed by atoms with van der Waals surface area (Å²) < 4.78 is 0. The maximum atomic E-state index is 11.6. The van der Waals surface area contributed by atoms with E-state index in [1.807, 2.05) is 0 Å². The minimum Gasteiger partial charge on any atom is -0.312 e. The van der Waals surface area contributed by atoms with E-state index in [1.165, 1.54) is 34.6 Å². The molecule has 0 radical (unpaired) electrons. The van der Waals surface area contributed by atoms with Crippen LogP contribution in [0.15, 0.2) is 34.6 Å². The van der Waals surface area contributed by atoms with Crippen molar-refractivity contribution in [2.45, 2.75) is 0 Å². The largest absolute Gasteiger partial charge is 0.312 e. The van der Waals surface area contributed by atoms with Gasteiger partial charge >= 0.3 is 0 Å². The number of aromatic nitrogens is 8. The first-order valence-corrected chi connectivity index (χ1v) is 5.59. The van der Waals surface area contributed by atoms with Gasteiger partial charge in [-0.25, -0.2) is 9.97 Å². The molecule has 20 heavy (non-hydrogen) atoms. The van der Waals surface area contributed by atoms with Crippen molar-refractivity contribution in [1.82, 2.24) is 39.7 Å². The second-order valence-corrected chi connectivity index (χ2v) is 4.01. The molecule has 0 unspecified atom stereocenters. The van der Waals surface area contributed by atoms with Crippen LogP contribution in [0.5, 0.6) is 0 Å². The molecule has 10 heteroatoms. The predicted molar refractivity (Wildman–Crippen MR) is 67.1 cm³/mol. The molecule has 0 aliphatic rings. The molecule has 0 amide bonds. The first kappa shape index (κ1) is 10.6. The molecule has 0 spiro atoms. The number of hydrogen-bond acceptors (Lipinski definition) is 6. The Labute approximate surface area is 108 Å². The highest BCUT2D eigenvalue weighted by Gasteiger charge is 2.13. The van der Waals surface area contributed by atoms with Crippen molar-refractivity contribution in [1.29, 1.82) is 0 Å². The summed E-state index contributed by atoms with van der Waals surface area (Å²) in [6.07, 6.45) is 5.30. The van der Waals surface area contributed by atoms with Crippen LogP contribution >= 0.6 is 0 Å². The number of hydrogen-bond donors (Lipinski definition) is 2. The average Bonchev–Trinajstić information content (AvgIpc) is 3.03. The fraction of sp³-hybridized carbons (Fsp3) is 0. The Morgan fingerprint density at radius 2 is 1.25 bits per heavy atom. The van der Waals surface area contributed by atoms with E-state index >= 15 is 0 Å². The number of aromatic amines is 2. The van der Waals surface area contributed by atoms with Crippen LogP contribution in [-0.2, 0) is 0 Å². The van der Waals surface area contributed by atoms with Crippen LogP contribution in [0.4, 0.5) is 0 Å². The van der Waals surface area contributed by atoms with E-state index in [-0.39, 0.29) is 11.1 Å². The molecule has 0 bridgehead atoms. The summed E-state index contributed by atoms with van der Waals surface area (Å²) >= 11 is 0. The fourth-order valence-corrected chi connectivity index (χ4v) is 1.96. The molecule has 2 N–H and O–H groups in total. The van der Waals surface area contributed by atoms with Crippen molar-refractivity contribution >= 4 is 22.1 Å². The van der Waals surface area contributed by atoms with Gasteiger partial charge in [0, 0.05) is 0 Å². The third-order valence-electron chi connectivity index (χ3n) is 2.89. The standard InChI is InChI=1S/C10H6N8O2/c19-9-5-1-15-17(7(5)11-3-13-9)18-8-6(2-16-18)10(20)14-4-12-8/h1-4H,(H,11,13,19)(H,12,14,20). The maximum Gasteiger partial charge on any atom is 0.261 e. The van der Waals surface area contributed by atoms with Gasteiger partial charge < -0.3 is 9.97 Å². The molecule has 4 aromatic rings. The van der Waals surface area contributed by atoms with Crippen LogP contribution < -0.4 is 11.1 Å². The molecule has 4 heterocycles. The minimum absolute atomic E-state index is 0.302. The molecule has 0 aliphatic carbocycles. The van der Waals surface area contributed by atoms with Crippen LogP contribution in [-0.4, -0.2) is 39.7 Å². The highest BCUT2D eigenvalue weighted by Crippen LogP contribution is 2.09. The second kappa shape index (κ2) is 3.60. The number of fused-ring (bicyclic) bond motifs is 2. The average molecular weight is 270 g/mol. The van der Waals surface area contributed by atoms with Gasteiger partial charge in [-0.2, -0.15) is 10.2 Å². The van der Waals surface area contributed by atoms with E-state index in [2.05, 4.69) is 30.1 Å². The van der Waals surface area contributed by atoms with Gasteiger partial charge in [0.25, 0.3) is 11.1 Å². The van der Waals surface area contributed by atoms with Gasteiger partial charge in [-0.3, -0.25) is 9.59 Å². The van der Waals surface area contributed by atoms with Crippen molar-refractivity contribution in [2.24, 2.45) is 0 Å². The third-order valence-corrected chi connectivity index (χ3v) is 2.89. The lowest BCUT2D eigenvalue weighted by Crippen LogP contribution is -2.16. The highest BCUT2D eigenvalue weighted by atomic mass is 16.1. The molecule has 0 atom stereocenters. The third kappa shape index (κ3) is 1.27. The zero-order valence-electron chi connectivity index (χ0n) is 9.81. The fourth-order valence-electron chi connectivity index (χ4n) is 1.96. The van der Waals surface area contributed by atoms with E-state index < -0.39 is 0 Å². The van der Waals surface area contributed by atoms with Gasteiger partial charge in [-0.1, -0.05) is 0 Å². The molecule has 0 aliphatic heterocycles. The first-order valence-electron chi connectivity index (χ1n) is 5.59. The Hall–Kier alpha value is -3.30. The van der Waals surface area contributed by atoms with E-state index in [0.717, 1.165) is 0 Å². The molecule has 0 saturated heterocycles. The molecular formula is C10H6N8O2. The normalized spacial score (nSPS) is 11.4. The number of nitrogens with one attached hydrogen (secondary N) is 2. The Morgan fingerprint density at radius 1 is 0.800 bits per heavy atom. The number of H-pyrrole nitrogens is 2. The molecule has 98 valence electrons. The summed E-state index contributed by atoms with van der Waals surface area (Å²) in [7, 11) is 0. The number of rotatable bonds is 1. The first-order chi connectivity index (χ1) is 9.75. The van der Waals surface area contributed by atoms with Crippen LogP contribution in [0.25, 0.3) is 22.1 Å². The Balaban J connectivity index is 2.12. The van der Waals surface area contributed by atoms with Gasteiger partial charge in [-0.05, 0) is 0 Å². The summed E-state index contributed by atoms with van der Waals surface area (Å²) in [5.74, 6) is 0.